The molecule has 2 aliphatic rings. The van der Waals surface area contributed by atoms with E-state index in [-0.39, 0.29) is 6.54 Å². The standard InChI is InChI=1S/C27H27F2N7/c1-27(28,29)22-16-36(12-11-31-22)26-24-20(17-7-8-17)14-30-15-21(24)34-25(35-26)18-9-10-32-23(13-18)33-19-5-3-2-4-6-19/h2-6,9-10,13-15,17,22,31H,7-8,11-12,16H2,1H3,(H,32,33). The first-order valence-corrected chi connectivity index (χ1v) is 12.3. The summed E-state index contributed by atoms with van der Waals surface area (Å²) in [6.45, 7) is 2.18. The molecule has 2 N–H and O–H groups in total. The molecule has 1 saturated heterocycles. The highest BCUT2D eigenvalue weighted by Gasteiger charge is 2.38. The Balaban J connectivity index is 1.44. The van der Waals surface area contributed by atoms with Crippen molar-refractivity contribution in [3.8, 4) is 11.4 Å². The van der Waals surface area contributed by atoms with E-state index >= 15 is 0 Å². The quantitative estimate of drug-likeness (QED) is 0.390. The average molecular weight is 488 g/mol. The minimum absolute atomic E-state index is 0.165. The Hall–Kier alpha value is -3.72. The second kappa shape index (κ2) is 9.05. The number of rotatable bonds is 6. The van der Waals surface area contributed by atoms with E-state index in [0.717, 1.165) is 47.5 Å². The first-order chi connectivity index (χ1) is 17.5. The molecular formula is C27H27F2N7. The molecule has 1 unspecified atom stereocenters. The molecule has 184 valence electrons. The fourth-order valence-electron chi connectivity index (χ4n) is 4.74. The molecule has 4 heterocycles. The lowest BCUT2D eigenvalue weighted by molar-refractivity contribution is -0.0188. The highest BCUT2D eigenvalue weighted by Crippen LogP contribution is 2.45. The molecule has 0 amide bonds. The number of fused-ring (bicyclic) bond motifs is 1. The smallest absolute Gasteiger partial charge is 0.262 e. The van der Waals surface area contributed by atoms with Crippen molar-refractivity contribution in [2.75, 3.05) is 29.9 Å². The largest absolute Gasteiger partial charge is 0.353 e. The number of benzene rings is 1. The van der Waals surface area contributed by atoms with Gasteiger partial charge in [-0.25, -0.2) is 23.7 Å². The number of anilines is 3. The first-order valence-electron chi connectivity index (χ1n) is 12.3. The third-order valence-electron chi connectivity index (χ3n) is 6.79. The molecule has 0 spiro atoms. The SMILES string of the molecule is CC(F)(F)C1CN(c2nc(-c3ccnc(Nc4ccccc4)c3)nc3cncc(C4CC4)c23)CCN1. The molecule has 3 aromatic heterocycles. The Morgan fingerprint density at radius 1 is 1.08 bits per heavy atom. The van der Waals surface area contributed by atoms with Crippen LogP contribution in [0.2, 0.25) is 0 Å². The minimum Gasteiger partial charge on any atom is -0.353 e. The van der Waals surface area contributed by atoms with Gasteiger partial charge in [-0.2, -0.15) is 0 Å². The molecule has 7 nitrogen and oxygen atoms in total. The number of hydrogen-bond donors (Lipinski definition) is 2. The molecule has 1 aromatic carbocycles. The van der Waals surface area contributed by atoms with Crippen LogP contribution in [-0.2, 0) is 0 Å². The Morgan fingerprint density at radius 3 is 2.69 bits per heavy atom. The highest BCUT2D eigenvalue weighted by atomic mass is 19.3. The molecule has 1 aliphatic heterocycles. The predicted molar refractivity (Wildman–Crippen MR) is 137 cm³/mol. The molecule has 2 fully saturated rings. The summed E-state index contributed by atoms with van der Waals surface area (Å²) in [6.07, 6.45) is 7.53. The first kappa shape index (κ1) is 22.7. The predicted octanol–water partition coefficient (Wildman–Crippen LogP) is 5.14. The van der Waals surface area contributed by atoms with Crippen LogP contribution in [0.15, 0.2) is 61.1 Å². The Kier molecular flexibility index (Phi) is 5.72. The highest BCUT2D eigenvalue weighted by molar-refractivity contribution is 5.94. The van der Waals surface area contributed by atoms with Crippen molar-refractivity contribution < 1.29 is 8.78 Å². The molecule has 6 rings (SSSR count). The van der Waals surface area contributed by atoms with Crippen molar-refractivity contribution in [3.63, 3.8) is 0 Å². The van der Waals surface area contributed by atoms with Gasteiger partial charge in [0.25, 0.3) is 5.92 Å². The maximum absolute atomic E-state index is 14.3. The van der Waals surface area contributed by atoms with Crippen LogP contribution in [0.4, 0.5) is 26.1 Å². The van der Waals surface area contributed by atoms with E-state index < -0.39 is 12.0 Å². The van der Waals surface area contributed by atoms with Crippen LogP contribution >= 0.6 is 0 Å². The van der Waals surface area contributed by atoms with Crippen LogP contribution in [0.25, 0.3) is 22.3 Å². The van der Waals surface area contributed by atoms with E-state index in [9.17, 15) is 8.78 Å². The fraction of sp³-hybridized carbons (Fsp3) is 0.333. The van der Waals surface area contributed by atoms with Gasteiger partial charge in [0.05, 0.1) is 17.8 Å². The summed E-state index contributed by atoms with van der Waals surface area (Å²) in [4.78, 5) is 20.7. The van der Waals surface area contributed by atoms with E-state index in [4.69, 9.17) is 9.97 Å². The lowest BCUT2D eigenvalue weighted by Crippen LogP contribution is -2.57. The van der Waals surface area contributed by atoms with Gasteiger partial charge >= 0.3 is 0 Å². The number of nitrogens with one attached hydrogen (secondary N) is 2. The molecule has 0 bridgehead atoms. The topological polar surface area (TPSA) is 78.9 Å². The maximum atomic E-state index is 14.3. The lowest BCUT2D eigenvalue weighted by atomic mass is 10.0. The number of aromatic nitrogens is 4. The number of halogens is 2. The number of nitrogens with zero attached hydrogens (tertiary/aromatic N) is 5. The minimum atomic E-state index is -2.84. The third-order valence-corrected chi connectivity index (χ3v) is 6.79. The van der Waals surface area contributed by atoms with Crippen LogP contribution in [0.3, 0.4) is 0 Å². The number of pyridine rings is 2. The molecule has 36 heavy (non-hydrogen) atoms. The summed E-state index contributed by atoms with van der Waals surface area (Å²) >= 11 is 0. The second-order valence-corrected chi connectivity index (χ2v) is 9.60. The monoisotopic (exact) mass is 487 g/mol. The van der Waals surface area contributed by atoms with E-state index in [1.54, 1.807) is 12.4 Å². The van der Waals surface area contributed by atoms with Gasteiger partial charge in [-0.05, 0) is 48.6 Å². The summed E-state index contributed by atoms with van der Waals surface area (Å²) in [7, 11) is 0. The lowest BCUT2D eigenvalue weighted by Gasteiger charge is -2.37. The summed E-state index contributed by atoms with van der Waals surface area (Å²) in [6, 6.07) is 12.6. The normalized spacial score (nSPS) is 18.4. The Morgan fingerprint density at radius 2 is 1.92 bits per heavy atom. The van der Waals surface area contributed by atoms with E-state index in [1.165, 1.54) is 0 Å². The Bertz CT molecular complexity index is 1390. The van der Waals surface area contributed by atoms with Gasteiger partial charge in [-0.1, -0.05) is 18.2 Å². The average Bonchev–Trinajstić information content (AvgIpc) is 3.74. The molecule has 1 saturated carbocycles. The van der Waals surface area contributed by atoms with Crippen molar-refractivity contribution >= 4 is 28.2 Å². The van der Waals surface area contributed by atoms with Crippen molar-refractivity contribution in [2.45, 2.75) is 37.6 Å². The summed E-state index contributed by atoms with van der Waals surface area (Å²) < 4.78 is 28.5. The van der Waals surface area contributed by atoms with Gasteiger partial charge in [0, 0.05) is 55.6 Å². The summed E-state index contributed by atoms with van der Waals surface area (Å²) in [5.74, 6) is -0.535. The maximum Gasteiger partial charge on any atom is 0.262 e. The number of hydrogen-bond acceptors (Lipinski definition) is 7. The van der Waals surface area contributed by atoms with Crippen molar-refractivity contribution in [1.29, 1.82) is 0 Å². The van der Waals surface area contributed by atoms with Crippen LogP contribution in [0, 0.1) is 0 Å². The van der Waals surface area contributed by atoms with Gasteiger partial charge in [0.15, 0.2) is 5.82 Å². The number of piperazine rings is 1. The van der Waals surface area contributed by atoms with Crippen molar-refractivity contribution in [3.05, 3.63) is 66.6 Å². The van der Waals surface area contributed by atoms with Gasteiger partial charge < -0.3 is 15.5 Å². The molecule has 9 heteroatoms. The summed E-state index contributed by atoms with van der Waals surface area (Å²) in [5.41, 5.74) is 3.55. The van der Waals surface area contributed by atoms with Gasteiger partial charge in [-0.15, -0.1) is 0 Å². The number of para-hydroxylation sites is 1. The third kappa shape index (κ3) is 4.58. The van der Waals surface area contributed by atoms with Crippen LogP contribution in [-0.4, -0.2) is 51.5 Å². The fourth-order valence-corrected chi connectivity index (χ4v) is 4.74. The molecule has 1 aliphatic carbocycles. The number of alkyl halides is 2. The Labute approximate surface area is 208 Å². The van der Waals surface area contributed by atoms with Gasteiger partial charge in [-0.3, -0.25) is 4.98 Å². The molecular weight excluding hydrogens is 460 g/mol. The molecule has 1 atom stereocenters. The molecule has 0 radical (unpaired) electrons. The molecule has 4 aromatic rings. The van der Waals surface area contributed by atoms with E-state index in [1.807, 2.05) is 53.6 Å². The van der Waals surface area contributed by atoms with Gasteiger partial charge in [0.1, 0.15) is 11.6 Å². The zero-order valence-corrected chi connectivity index (χ0v) is 20.0. The van der Waals surface area contributed by atoms with Crippen LogP contribution < -0.4 is 15.5 Å². The summed E-state index contributed by atoms with van der Waals surface area (Å²) in [5, 5.41) is 7.20. The second-order valence-electron chi connectivity index (χ2n) is 9.60. The van der Waals surface area contributed by atoms with Crippen molar-refractivity contribution in [1.82, 2.24) is 25.3 Å². The zero-order chi connectivity index (χ0) is 24.7. The van der Waals surface area contributed by atoms with E-state index in [2.05, 4.69) is 20.6 Å². The van der Waals surface area contributed by atoms with E-state index in [0.29, 0.717) is 36.5 Å². The van der Waals surface area contributed by atoms with Gasteiger partial charge in [0.2, 0.25) is 0 Å². The van der Waals surface area contributed by atoms with Crippen LogP contribution in [0.1, 0.15) is 31.2 Å². The van der Waals surface area contributed by atoms with Crippen molar-refractivity contribution in [2.24, 2.45) is 0 Å². The van der Waals surface area contributed by atoms with Crippen LogP contribution in [0.5, 0.6) is 0 Å². The zero-order valence-electron chi connectivity index (χ0n) is 20.0.